The van der Waals surface area contributed by atoms with E-state index in [0.29, 0.717) is 6.61 Å². The van der Waals surface area contributed by atoms with Crippen molar-refractivity contribution in [2.24, 2.45) is 5.73 Å². The molecule has 0 radical (unpaired) electrons. The van der Waals surface area contributed by atoms with E-state index in [4.69, 9.17) is 10.5 Å². The fourth-order valence-electron chi connectivity index (χ4n) is 1.01. The van der Waals surface area contributed by atoms with Gasteiger partial charge in [0.1, 0.15) is 0 Å². The summed E-state index contributed by atoms with van der Waals surface area (Å²) in [5, 5.41) is 0. The van der Waals surface area contributed by atoms with Gasteiger partial charge in [-0.25, -0.2) is 4.79 Å². The summed E-state index contributed by atoms with van der Waals surface area (Å²) in [5.74, 6) is -0.332. The SMILES string of the molecule is C=CC(=O)OCCCCCCCN. The van der Waals surface area contributed by atoms with E-state index >= 15 is 0 Å². The second-order valence-corrected chi connectivity index (χ2v) is 2.93. The van der Waals surface area contributed by atoms with E-state index in [0.717, 1.165) is 25.8 Å². The van der Waals surface area contributed by atoms with Gasteiger partial charge in [-0.1, -0.05) is 25.8 Å². The maximum atomic E-state index is 10.6. The highest BCUT2D eigenvalue weighted by Crippen LogP contribution is 2.02. The van der Waals surface area contributed by atoms with Crippen LogP contribution in [-0.2, 0) is 9.53 Å². The molecule has 3 nitrogen and oxygen atoms in total. The number of carbonyl (C=O) groups is 1. The van der Waals surface area contributed by atoms with Crippen LogP contribution in [0.3, 0.4) is 0 Å². The van der Waals surface area contributed by atoms with Gasteiger partial charge in [-0.15, -0.1) is 0 Å². The predicted molar refractivity (Wildman–Crippen MR) is 53.3 cm³/mol. The zero-order valence-corrected chi connectivity index (χ0v) is 8.13. The minimum absolute atomic E-state index is 0.332. The van der Waals surface area contributed by atoms with Gasteiger partial charge in [0.05, 0.1) is 6.61 Å². The van der Waals surface area contributed by atoms with Crippen molar-refractivity contribution >= 4 is 5.97 Å². The Labute approximate surface area is 79.9 Å². The van der Waals surface area contributed by atoms with Crippen LogP contribution in [0.4, 0.5) is 0 Å². The molecule has 0 aromatic heterocycles. The van der Waals surface area contributed by atoms with Crippen molar-refractivity contribution in [3.8, 4) is 0 Å². The Bertz CT molecular complexity index is 146. The molecule has 0 spiro atoms. The molecule has 0 heterocycles. The molecule has 0 fully saturated rings. The van der Waals surface area contributed by atoms with Gasteiger partial charge in [-0.05, 0) is 19.4 Å². The van der Waals surface area contributed by atoms with Crippen molar-refractivity contribution in [3.05, 3.63) is 12.7 Å². The molecule has 0 aliphatic carbocycles. The van der Waals surface area contributed by atoms with Crippen LogP contribution in [0.1, 0.15) is 32.1 Å². The number of hydrogen-bond acceptors (Lipinski definition) is 3. The highest BCUT2D eigenvalue weighted by atomic mass is 16.5. The van der Waals surface area contributed by atoms with Crippen molar-refractivity contribution < 1.29 is 9.53 Å². The molecule has 0 aliphatic heterocycles. The Kier molecular flexibility index (Phi) is 8.67. The quantitative estimate of drug-likeness (QED) is 0.355. The summed E-state index contributed by atoms with van der Waals surface area (Å²) in [7, 11) is 0. The molecule has 13 heavy (non-hydrogen) atoms. The number of ether oxygens (including phenoxy) is 1. The van der Waals surface area contributed by atoms with Crippen molar-refractivity contribution in [1.82, 2.24) is 0 Å². The monoisotopic (exact) mass is 185 g/mol. The van der Waals surface area contributed by atoms with Crippen molar-refractivity contribution in [3.63, 3.8) is 0 Å². The highest BCUT2D eigenvalue weighted by Gasteiger charge is 1.94. The largest absolute Gasteiger partial charge is 0.463 e. The lowest BCUT2D eigenvalue weighted by Crippen LogP contribution is -2.02. The average molecular weight is 185 g/mol. The first-order valence-electron chi connectivity index (χ1n) is 4.80. The number of carbonyl (C=O) groups excluding carboxylic acids is 1. The van der Waals surface area contributed by atoms with E-state index in [9.17, 15) is 4.79 Å². The smallest absolute Gasteiger partial charge is 0.330 e. The van der Waals surface area contributed by atoms with Gasteiger partial charge in [-0.2, -0.15) is 0 Å². The van der Waals surface area contributed by atoms with Gasteiger partial charge in [0.25, 0.3) is 0 Å². The van der Waals surface area contributed by atoms with E-state index in [-0.39, 0.29) is 5.97 Å². The van der Waals surface area contributed by atoms with Gasteiger partial charge in [0.2, 0.25) is 0 Å². The van der Waals surface area contributed by atoms with E-state index in [1.54, 1.807) is 0 Å². The summed E-state index contributed by atoms with van der Waals surface area (Å²) >= 11 is 0. The normalized spacial score (nSPS) is 9.62. The molecular weight excluding hydrogens is 166 g/mol. The first-order valence-corrected chi connectivity index (χ1v) is 4.80. The second-order valence-electron chi connectivity index (χ2n) is 2.93. The third kappa shape index (κ3) is 9.08. The summed E-state index contributed by atoms with van der Waals surface area (Å²) in [5.41, 5.74) is 5.35. The van der Waals surface area contributed by atoms with Crippen LogP contribution >= 0.6 is 0 Å². The molecule has 0 saturated carbocycles. The molecule has 0 aromatic carbocycles. The molecule has 76 valence electrons. The first-order chi connectivity index (χ1) is 6.31. The predicted octanol–water partition coefficient (Wildman–Crippen LogP) is 1.62. The van der Waals surface area contributed by atoms with Gasteiger partial charge >= 0.3 is 5.97 Å². The Morgan fingerprint density at radius 2 is 1.85 bits per heavy atom. The minimum atomic E-state index is -0.332. The third-order valence-electron chi connectivity index (χ3n) is 1.76. The molecule has 0 amide bonds. The van der Waals surface area contributed by atoms with Crippen molar-refractivity contribution in [2.45, 2.75) is 32.1 Å². The van der Waals surface area contributed by atoms with E-state index in [1.165, 1.54) is 18.9 Å². The minimum Gasteiger partial charge on any atom is -0.463 e. The number of hydrogen-bond donors (Lipinski definition) is 1. The Morgan fingerprint density at radius 3 is 2.46 bits per heavy atom. The number of nitrogens with two attached hydrogens (primary N) is 1. The van der Waals surface area contributed by atoms with Crippen LogP contribution in [0.2, 0.25) is 0 Å². The Morgan fingerprint density at radius 1 is 1.23 bits per heavy atom. The van der Waals surface area contributed by atoms with Gasteiger partial charge < -0.3 is 10.5 Å². The summed E-state index contributed by atoms with van der Waals surface area (Å²) < 4.78 is 4.82. The molecule has 0 aromatic rings. The highest BCUT2D eigenvalue weighted by molar-refractivity contribution is 5.81. The van der Waals surface area contributed by atoms with Crippen molar-refractivity contribution in [1.29, 1.82) is 0 Å². The molecule has 3 heteroatoms. The van der Waals surface area contributed by atoms with Gasteiger partial charge in [0.15, 0.2) is 0 Å². The van der Waals surface area contributed by atoms with Crippen LogP contribution in [0, 0.1) is 0 Å². The first kappa shape index (κ1) is 12.2. The molecular formula is C10H19NO2. The number of unbranched alkanes of at least 4 members (excludes halogenated alkanes) is 4. The number of rotatable bonds is 8. The Balaban J connectivity index is 2.99. The van der Waals surface area contributed by atoms with Gasteiger partial charge in [0, 0.05) is 6.08 Å². The molecule has 0 bridgehead atoms. The van der Waals surface area contributed by atoms with Crippen molar-refractivity contribution in [2.75, 3.05) is 13.2 Å². The summed E-state index contributed by atoms with van der Waals surface area (Å²) in [6.45, 7) is 4.59. The lowest BCUT2D eigenvalue weighted by Gasteiger charge is -2.01. The van der Waals surface area contributed by atoms with Crippen LogP contribution in [0.5, 0.6) is 0 Å². The van der Waals surface area contributed by atoms with Crippen LogP contribution in [-0.4, -0.2) is 19.1 Å². The lowest BCUT2D eigenvalue weighted by molar-refractivity contribution is -0.137. The topological polar surface area (TPSA) is 52.3 Å². The second kappa shape index (κ2) is 9.26. The molecule has 0 unspecified atom stereocenters. The van der Waals surface area contributed by atoms with Gasteiger partial charge in [-0.3, -0.25) is 0 Å². The lowest BCUT2D eigenvalue weighted by atomic mass is 10.1. The number of esters is 1. The standard InChI is InChI=1S/C10H19NO2/c1-2-10(12)13-9-7-5-3-4-6-8-11/h2H,1,3-9,11H2. The van der Waals surface area contributed by atoms with E-state index in [1.807, 2.05) is 0 Å². The summed E-state index contributed by atoms with van der Waals surface area (Å²) in [6, 6.07) is 0. The van der Waals surface area contributed by atoms with Crippen LogP contribution in [0.15, 0.2) is 12.7 Å². The molecule has 0 rings (SSSR count). The summed E-state index contributed by atoms with van der Waals surface area (Å²) in [6.07, 6.45) is 6.66. The molecule has 0 atom stereocenters. The maximum Gasteiger partial charge on any atom is 0.330 e. The molecule has 0 saturated heterocycles. The van der Waals surface area contributed by atoms with Crippen LogP contribution in [0.25, 0.3) is 0 Å². The van der Waals surface area contributed by atoms with Crippen LogP contribution < -0.4 is 5.73 Å². The zero-order chi connectivity index (χ0) is 9.94. The third-order valence-corrected chi connectivity index (χ3v) is 1.76. The molecule has 2 N–H and O–H groups in total. The molecule has 0 aliphatic rings. The maximum absolute atomic E-state index is 10.6. The summed E-state index contributed by atoms with van der Waals surface area (Å²) in [4.78, 5) is 10.6. The fourth-order valence-corrected chi connectivity index (χ4v) is 1.01. The fraction of sp³-hybridized carbons (Fsp3) is 0.700. The van der Waals surface area contributed by atoms with E-state index < -0.39 is 0 Å². The van der Waals surface area contributed by atoms with E-state index in [2.05, 4.69) is 6.58 Å². The zero-order valence-electron chi connectivity index (χ0n) is 8.13. The average Bonchev–Trinajstić information content (AvgIpc) is 2.16. The Hall–Kier alpha value is -0.830.